The van der Waals surface area contributed by atoms with Crippen LogP contribution < -0.4 is 4.90 Å². The van der Waals surface area contributed by atoms with E-state index in [4.69, 9.17) is 11.6 Å². The molecule has 90 valence electrons. The minimum absolute atomic E-state index is 0.0386. The SMILES string of the molecule is O=C1CC(Br)CN1c1nc(Cl)ncc1[N+](=O)[O-]. The average Bonchev–Trinajstić information content (AvgIpc) is 2.57. The number of alkyl halides is 1. The van der Waals surface area contributed by atoms with Gasteiger partial charge in [0.2, 0.25) is 17.0 Å². The topological polar surface area (TPSA) is 89.2 Å². The minimum atomic E-state index is -0.638. The van der Waals surface area contributed by atoms with Gasteiger partial charge in [-0.15, -0.1) is 0 Å². The molecule has 1 aromatic rings. The molecule has 7 nitrogen and oxygen atoms in total. The number of carbonyl (C=O) groups excluding carboxylic acids is 1. The molecule has 9 heteroatoms. The third kappa shape index (κ3) is 2.37. The van der Waals surface area contributed by atoms with Crippen LogP contribution in [-0.4, -0.2) is 32.2 Å². The third-order valence-corrected chi connectivity index (χ3v) is 3.05. The highest BCUT2D eigenvalue weighted by molar-refractivity contribution is 9.09. The molecule has 1 saturated heterocycles. The summed E-state index contributed by atoms with van der Waals surface area (Å²) in [5.41, 5.74) is -0.329. The lowest BCUT2D eigenvalue weighted by molar-refractivity contribution is -0.384. The van der Waals surface area contributed by atoms with Gasteiger partial charge in [-0.05, 0) is 11.6 Å². The second kappa shape index (κ2) is 4.53. The van der Waals surface area contributed by atoms with Crippen molar-refractivity contribution in [1.29, 1.82) is 0 Å². The monoisotopic (exact) mass is 320 g/mol. The van der Waals surface area contributed by atoms with Crippen LogP contribution in [0.3, 0.4) is 0 Å². The maximum Gasteiger partial charge on any atom is 0.330 e. The molecule has 0 aliphatic carbocycles. The zero-order valence-electron chi connectivity index (χ0n) is 8.34. The van der Waals surface area contributed by atoms with E-state index in [9.17, 15) is 14.9 Å². The van der Waals surface area contributed by atoms with Gasteiger partial charge in [0.25, 0.3) is 0 Å². The molecule has 1 fully saturated rings. The Bertz CT molecular complexity index is 498. The normalized spacial score (nSPS) is 19.8. The first-order valence-corrected chi connectivity index (χ1v) is 5.89. The number of nitrogens with zero attached hydrogens (tertiary/aromatic N) is 4. The van der Waals surface area contributed by atoms with E-state index < -0.39 is 4.92 Å². The zero-order chi connectivity index (χ0) is 12.6. The van der Waals surface area contributed by atoms with E-state index in [1.807, 2.05) is 0 Å². The molecule has 1 amide bonds. The van der Waals surface area contributed by atoms with Gasteiger partial charge in [0, 0.05) is 17.8 Å². The summed E-state index contributed by atoms with van der Waals surface area (Å²) < 4.78 is 0. The van der Waals surface area contributed by atoms with E-state index in [2.05, 4.69) is 25.9 Å². The van der Waals surface area contributed by atoms with Gasteiger partial charge in [-0.1, -0.05) is 15.9 Å². The van der Waals surface area contributed by atoms with Crippen molar-refractivity contribution in [3.8, 4) is 0 Å². The fourth-order valence-corrected chi connectivity index (χ4v) is 2.24. The Morgan fingerprint density at radius 2 is 2.35 bits per heavy atom. The van der Waals surface area contributed by atoms with Crippen molar-refractivity contribution in [2.75, 3.05) is 11.4 Å². The van der Waals surface area contributed by atoms with E-state index in [0.29, 0.717) is 6.54 Å². The molecule has 1 aromatic heterocycles. The number of rotatable bonds is 2. The third-order valence-electron chi connectivity index (χ3n) is 2.25. The number of carbonyl (C=O) groups is 1. The van der Waals surface area contributed by atoms with Gasteiger partial charge in [0.05, 0.1) is 4.92 Å². The molecular formula is C8H6BrClN4O3. The number of aromatic nitrogens is 2. The predicted octanol–water partition coefficient (Wildman–Crippen LogP) is 1.54. The van der Waals surface area contributed by atoms with Gasteiger partial charge in [-0.2, -0.15) is 4.98 Å². The lowest BCUT2D eigenvalue weighted by Gasteiger charge is -2.14. The molecule has 1 unspecified atom stereocenters. The number of anilines is 1. The smallest absolute Gasteiger partial charge is 0.290 e. The van der Waals surface area contributed by atoms with E-state index in [1.54, 1.807) is 0 Å². The van der Waals surface area contributed by atoms with Crippen molar-refractivity contribution in [2.45, 2.75) is 11.2 Å². The largest absolute Gasteiger partial charge is 0.330 e. The molecule has 0 radical (unpaired) electrons. The molecule has 0 spiro atoms. The number of amides is 1. The van der Waals surface area contributed by atoms with Crippen molar-refractivity contribution < 1.29 is 9.72 Å². The van der Waals surface area contributed by atoms with E-state index >= 15 is 0 Å². The maximum absolute atomic E-state index is 11.6. The second-order valence-electron chi connectivity index (χ2n) is 3.41. The summed E-state index contributed by atoms with van der Waals surface area (Å²) in [6.45, 7) is 0.326. The van der Waals surface area contributed by atoms with Gasteiger partial charge in [0.1, 0.15) is 6.20 Å². The summed E-state index contributed by atoms with van der Waals surface area (Å²) in [5.74, 6) is -0.285. The standard InChI is InChI=1S/C8H6BrClN4O3/c9-4-1-6(15)13(3-4)7-5(14(16)17)2-11-8(10)12-7/h2,4H,1,3H2. The molecule has 0 saturated carbocycles. The van der Waals surface area contributed by atoms with Gasteiger partial charge < -0.3 is 0 Å². The fraction of sp³-hybridized carbons (Fsp3) is 0.375. The van der Waals surface area contributed by atoms with Crippen molar-refractivity contribution in [3.05, 3.63) is 21.6 Å². The Morgan fingerprint density at radius 1 is 1.65 bits per heavy atom. The van der Waals surface area contributed by atoms with E-state index in [-0.39, 0.29) is 33.9 Å². The Morgan fingerprint density at radius 3 is 2.88 bits per heavy atom. The van der Waals surface area contributed by atoms with Crippen molar-refractivity contribution >= 4 is 44.9 Å². The molecule has 1 atom stereocenters. The first kappa shape index (κ1) is 12.2. The summed E-state index contributed by atoms with van der Waals surface area (Å²) >= 11 is 8.88. The van der Waals surface area contributed by atoms with Gasteiger partial charge >= 0.3 is 5.69 Å². The van der Waals surface area contributed by atoms with Crippen LogP contribution in [0.15, 0.2) is 6.20 Å². The molecule has 17 heavy (non-hydrogen) atoms. The summed E-state index contributed by atoms with van der Waals surface area (Å²) in [5, 5.41) is 10.7. The first-order chi connectivity index (χ1) is 7.99. The molecule has 2 rings (SSSR count). The Kier molecular flexibility index (Phi) is 3.25. The van der Waals surface area contributed by atoms with Crippen LogP contribution in [0.2, 0.25) is 5.28 Å². The zero-order valence-corrected chi connectivity index (χ0v) is 10.7. The summed E-state index contributed by atoms with van der Waals surface area (Å²) in [4.78, 5) is 30.3. The quantitative estimate of drug-likeness (QED) is 0.357. The van der Waals surface area contributed by atoms with Gasteiger partial charge in [0.15, 0.2) is 0 Å². The molecule has 0 bridgehead atoms. The Balaban J connectivity index is 2.46. The highest BCUT2D eigenvalue weighted by Gasteiger charge is 2.34. The molecule has 0 aromatic carbocycles. The fourth-order valence-electron chi connectivity index (χ4n) is 1.54. The molecule has 1 aliphatic heterocycles. The van der Waals surface area contributed by atoms with Crippen LogP contribution in [0.5, 0.6) is 0 Å². The van der Waals surface area contributed by atoms with Crippen LogP contribution in [-0.2, 0) is 4.79 Å². The van der Waals surface area contributed by atoms with E-state index in [0.717, 1.165) is 6.20 Å². The average molecular weight is 322 g/mol. The second-order valence-corrected chi connectivity index (χ2v) is 5.04. The summed E-state index contributed by atoms with van der Waals surface area (Å²) in [7, 11) is 0. The summed E-state index contributed by atoms with van der Waals surface area (Å²) in [6.07, 6.45) is 1.28. The summed E-state index contributed by atoms with van der Waals surface area (Å²) in [6, 6.07) is 0. The van der Waals surface area contributed by atoms with Crippen LogP contribution in [0.1, 0.15) is 6.42 Å². The number of hydrogen-bond acceptors (Lipinski definition) is 5. The van der Waals surface area contributed by atoms with Crippen molar-refractivity contribution in [2.24, 2.45) is 0 Å². The maximum atomic E-state index is 11.6. The van der Waals surface area contributed by atoms with Crippen LogP contribution >= 0.6 is 27.5 Å². The lowest BCUT2D eigenvalue weighted by atomic mass is 10.4. The lowest BCUT2D eigenvalue weighted by Crippen LogP contribution is -2.26. The predicted molar refractivity (Wildman–Crippen MR) is 63.4 cm³/mol. The van der Waals surface area contributed by atoms with Crippen LogP contribution in [0, 0.1) is 10.1 Å². The van der Waals surface area contributed by atoms with Crippen LogP contribution in [0.25, 0.3) is 0 Å². The van der Waals surface area contributed by atoms with E-state index in [1.165, 1.54) is 4.90 Å². The number of halogens is 2. The molecular weight excluding hydrogens is 315 g/mol. The Hall–Kier alpha value is -1.28. The molecule has 0 N–H and O–H groups in total. The minimum Gasteiger partial charge on any atom is -0.290 e. The molecule has 2 heterocycles. The number of hydrogen-bond donors (Lipinski definition) is 0. The highest BCUT2D eigenvalue weighted by Crippen LogP contribution is 2.31. The van der Waals surface area contributed by atoms with Crippen molar-refractivity contribution in [3.63, 3.8) is 0 Å². The molecule has 1 aliphatic rings. The van der Waals surface area contributed by atoms with Crippen LogP contribution in [0.4, 0.5) is 11.5 Å². The van der Waals surface area contributed by atoms with Crippen molar-refractivity contribution in [1.82, 2.24) is 9.97 Å². The van der Waals surface area contributed by atoms with Gasteiger partial charge in [-0.25, -0.2) is 4.98 Å². The highest BCUT2D eigenvalue weighted by atomic mass is 79.9. The first-order valence-electron chi connectivity index (χ1n) is 4.60. The Labute approximate surface area is 109 Å². The number of nitro groups is 1. The van der Waals surface area contributed by atoms with Gasteiger partial charge in [-0.3, -0.25) is 19.8 Å².